The molecule has 1 N–H and O–H groups in total. The van der Waals surface area contributed by atoms with E-state index in [0.29, 0.717) is 44.6 Å². The van der Waals surface area contributed by atoms with Crippen LogP contribution in [0.5, 0.6) is 0 Å². The molecule has 2 saturated heterocycles. The van der Waals surface area contributed by atoms with E-state index in [9.17, 15) is 14.4 Å². The average molecular weight is 329 g/mol. The topological polar surface area (TPSA) is 67.6 Å². The molecule has 0 aliphatic carbocycles. The number of carbonyl (C=O) groups is 1. The van der Waals surface area contributed by atoms with Gasteiger partial charge in [0.1, 0.15) is 5.82 Å². The van der Waals surface area contributed by atoms with Crippen molar-refractivity contribution >= 4 is 11.6 Å². The number of hydrogen-bond donors (Lipinski definition) is 1. The van der Waals surface area contributed by atoms with Crippen LogP contribution < -0.4 is 0 Å². The fourth-order valence-corrected chi connectivity index (χ4v) is 3.22. The maximum atomic E-state index is 13.0. The van der Waals surface area contributed by atoms with Gasteiger partial charge in [0.2, 0.25) is 0 Å². The van der Waals surface area contributed by atoms with E-state index in [1.165, 1.54) is 12.1 Å². The molecular formula is C18H20FN3O2. The molecule has 0 saturated carbocycles. The van der Waals surface area contributed by atoms with E-state index in [1.807, 2.05) is 0 Å². The fraction of sp³-hybridized carbons (Fsp3) is 0.444. The summed E-state index contributed by atoms with van der Waals surface area (Å²) in [6, 6.07) is 8.18. The SMILES string of the molecule is N#CC(=C1CCN(C(=O)N2CC(CO)C2)CC1)c1ccc(F)cc1. The quantitative estimate of drug-likeness (QED) is 0.846. The molecule has 2 heterocycles. The lowest BCUT2D eigenvalue weighted by Gasteiger charge is -2.42. The molecule has 0 bridgehead atoms. The molecule has 0 unspecified atom stereocenters. The van der Waals surface area contributed by atoms with Gasteiger partial charge >= 0.3 is 6.03 Å². The van der Waals surface area contributed by atoms with Crippen LogP contribution in [0.4, 0.5) is 9.18 Å². The zero-order valence-electron chi connectivity index (χ0n) is 13.4. The van der Waals surface area contributed by atoms with E-state index in [4.69, 9.17) is 5.11 Å². The molecule has 126 valence electrons. The van der Waals surface area contributed by atoms with Crippen LogP contribution >= 0.6 is 0 Å². The maximum Gasteiger partial charge on any atom is 0.320 e. The van der Waals surface area contributed by atoms with Crippen LogP contribution in [-0.4, -0.2) is 53.7 Å². The zero-order valence-corrected chi connectivity index (χ0v) is 13.4. The second-order valence-electron chi connectivity index (χ2n) is 6.32. The number of piperidine rings is 1. The minimum absolute atomic E-state index is 0.0130. The van der Waals surface area contributed by atoms with Crippen LogP contribution in [-0.2, 0) is 0 Å². The Labute approximate surface area is 140 Å². The number of likely N-dealkylation sites (tertiary alicyclic amines) is 2. The van der Waals surface area contributed by atoms with Crippen molar-refractivity contribution in [2.75, 3.05) is 32.8 Å². The van der Waals surface area contributed by atoms with Crippen molar-refractivity contribution in [3.05, 3.63) is 41.2 Å². The monoisotopic (exact) mass is 329 g/mol. The molecule has 6 heteroatoms. The lowest BCUT2D eigenvalue weighted by Crippen LogP contribution is -2.56. The first kappa shape index (κ1) is 16.5. The van der Waals surface area contributed by atoms with Gasteiger partial charge in [-0.2, -0.15) is 5.26 Å². The summed E-state index contributed by atoms with van der Waals surface area (Å²) in [5.74, 6) is -0.116. The Morgan fingerprint density at radius 1 is 1.21 bits per heavy atom. The Kier molecular flexibility index (Phi) is 4.81. The summed E-state index contributed by atoms with van der Waals surface area (Å²) in [6.45, 7) is 2.53. The summed E-state index contributed by atoms with van der Waals surface area (Å²) >= 11 is 0. The highest BCUT2D eigenvalue weighted by atomic mass is 19.1. The van der Waals surface area contributed by atoms with E-state index in [1.54, 1.807) is 21.9 Å². The van der Waals surface area contributed by atoms with Crippen molar-refractivity contribution in [3.63, 3.8) is 0 Å². The van der Waals surface area contributed by atoms with E-state index in [2.05, 4.69) is 6.07 Å². The van der Waals surface area contributed by atoms with Crippen LogP contribution in [0.1, 0.15) is 18.4 Å². The molecule has 1 aromatic carbocycles. The third kappa shape index (κ3) is 3.26. The minimum Gasteiger partial charge on any atom is -0.396 e. The number of nitriles is 1. The molecule has 2 aliphatic heterocycles. The third-order valence-electron chi connectivity index (χ3n) is 4.72. The fourth-order valence-electron chi connectivity index (χ4n) is 3.22. The molecule has 2 aliphatic rings. The van der Waals surface area contributed by atoms with Crippen LogP contribution in [0.2, 0.25) is 0 Å². The van der Waals surface area contributed by atoms with Crippen molar-refractivity contribution < 1.29 is 14.3 Å². The van der Waals surface area contributed by atoms with E-state index >= 15 is 0 Å². The van der Waals surface area contributed by atoms with Crippen LogP contribution in [0.3, 0.4) is 0 Å². The molecule has 5 nitrogen and oxygen atoms in total. The summed E-state index contributed by atoms with van der Waals surface area (Å²) in [6.07, 6.45) is 1.31. The van der Waals surface area contributed by atoms with Crippen LogP contribution in [0, 0.1) is 23.1 Å². The molecule has 2 fully saturated rings. The van der Waals surface area contributed by atoms with Crippen molar-refractivity contribution in [2.45, 2.75) is 12.8 Å². The molecule has 0 aromatic heterocycles. The van der Waals surface area contributed by atoms with Crippen molar-refractivity contribution in [1.29, 1.82) is 5.26 Å². The molecule has 0 spiro atoms. The summed E-state index contributed by atoms with van der Waals surface area (Å²) in [5, 5.41) is 18.5. The standard InChI is InChI=1S/C18H20FN3O2/c19-16-3-1-14(2-4-16)17(9-20)15-5-7-21(8-6-15)18(24)22-10-13(11-22)12-23/h1-4,13,23H,5-8,10-12H2. The summed E-state index contributed by atoms with van der Waals surface area (Å²) in [5.41, 5.74) is 2.33. The van der Waals surface area contributed by atoms with Gasteiger partial charge < -0.3 is 14.9 Å². The van der Waals surface area contributed by atoms with Crippen molar-refractivity contribution in [1.82, 2.24) is 9.80 Å². The second kappa shape index (κ2) is 7.02. The third-order valence-corrected chi connectivity index (χ3v) is 4.72. The van der Waals surface area contributed by atoms with E-state index in [-0.39, 0.29) is 24.4 Å². The Balaban J connectivity index is 1.64. The van der Waals surface area contributed by atoms with Gasteiger partial charge in [-0.1, -0.05) is 12.1 Å². The highest BCUT2D eigenvalue weighted by molar-refractivity contribution is 5.80. The van der Waals surface area contributed by atoms with Gasteiger partial charge in [0.25, 0.3) is 0 Å². The smallest absolute Gasteiger partial charge is 0.320 e. The number of amides is 2. The molecule has 2 amide bonds. The number of benzene rings is 1. The number of allylic oxidation sites excluding steroid dienone is 1. The van der Waals surface area contributed by atoms with Gasteiger partial charge in [0.05, 0.1) is 11.6 Å². The molecular weight excluding hydrogens is 309 g/mol. The van der Waals surface area contributed by atoms with E-state index in [0.717, 1.165) is 11.1 Å². The molecule has 0 radical (unpaired) electrons. The average Bonchev–Trinajstić information content (AvgIpc) is 2.57. The number of halogens is 1. The first-order chi connectivity index (χ1) is 11.6. The maximum absolute atomic E-state index is 13.0. The Bertz CT molecular complexity index is 677. The lowest BCUT2D eigenvalue weighted by molar-refractivity contribution is 0.0581. The van der Waals surface area contributed by atoms with Crippen LogP contribution in [0.15, 0.2) is 29.8 Å². The predicted octanol–water partition coefficient (Wildman–Crippen LogP) is 2.24. The van der Waals surface area contributed by atoms with Gasteiger partial charge in [0, 0.05) is 38.7 Å². The van der Waals surface area contributed by atoms with Crippen molar-refractivity contribution in [3.8, 4) is 6.07 Å². The first-order valence-electron chi connectivity index (χ1n) is 8.15. The number of carbonyl (C=O) groups excluding carboxylic acids is 1. The summed E-state index contributed by atoms with van der Waals surface area (Å²) < 4.78 is 13.0. The molecule has 3 rings (SSSR count). The second-order valence-corrected chi connectivity index (χ2v) is 6.32. The van der Waals surface area contributed by atoms with Gasteiger partial charge in [-0.3, -0.25) is 0 Å². The normalized spacial score (nSPS) is 18.1. The van der Waals surface area contributed by atoms with Gasteiger partial charge in [-0.05, 0) is 36.1 Å². The van der Waals surface area contributed by atoms with Crippen LogP contribution in [0.25, 0.3) is 5.57 Å². The van der Waals surface area contributed by atoms with Gasteiger partial charge in [0.15, 0.2) is 0 Å². The summed E-state index contributed by atoms with van der Waals surface area (Å²) in [7, 11) is 0. The molecule has 0 atom stereocenters. The minimum atomic E-state index is -0.322. The number of aliphatic hydroxyl groups excluding tert-OH is 1. The number of urea groups is 1. The van der Waals surface area contributed by atoms with Gasteiger partial charge in [-0.25, -0.2) is 9.18 Å². The molecule has 1 aromatic rings. The Morgan fingerprint density at radius 2 is 1.83 bits per heavy atom. The Morgan fingerprint density at radius 3 is 2.38 bits per heavy atom. The highest BCUT2D eigenvalue weighted by Gasteiger charge is 2.33. The lowest BCUT2D eigenvalue weighted by atomic mass is 9.94. The predicted molar refractivity (Wildman–Crippen MR) is 87.3 cm³/mol. The first-order valence-corrected chi connectivity index (χ1v) is 8.15. The number of rotatable bonds is 2. The van der Waals surface area contributed by atoms with E-state index < -0.39 is 0 Å². The number of aliphatic hydroxyl groups is 1. The van der Waals surface area contributed by atoms with Crippen molar-refractivity contribution in [2.24, 2.45) is 5.92 Å². The largest absolute Gasteiger partial charge is 0.396 e. The van der Waals surface area contributed by atoms with Gasteiger partial charge in [-0.15, -0.1) is 0 Å². The number of hydrogen-bond acceptors (Lipinski definition) is 3. The number of nitrogens with zero attached hydrogens (tertiary/aromatic N) is 3. The highest BCUT2D eigenvalue weighted by Crippen LogP contribution is 2.28. The Hall–Kier alpha value is -2.39. The molecule has 24 heavy (non-hydrogen) atoms. The summed E-state index contributed by atoms with van der Waals surface area (Å²) in [4.78, 5) is 15.9. The zero-order chi connectivity index (χ0) is 17.1.